The lowest BCUT2D eigenvalue weighted by Crippen LogP contribution is -2.48. The van der Waals surface area contributed by atoms with Gasteiger partial charge in [-0.3, -0.25) is 14.0 Å². The Hall–Kier alpha value is -2.38. The predicted molar refractivity (Wildman–Crippen MR) is 107 cm³/mol. The van der Waals surface area contributed by atoms with Gasteiger partial charge in [-0.2, -0.15) is 0 Å². The molecule has 2 aromatic carbocycles. The second-order valence-corrected chi connectivity index (χ2v) is 8.82. The van der Waals surface area contributed by atoms with Crippen LogP contribution in [-0.4, -0.2) is 63.6 Å². The van der Waals surface area contributed by atoms with Crippen molar-refractivity contribution in [3.63, 3.8) is 0 Å². The molecule has 7 heteroatoms. The molecule has 1 saturated heterocycles. The minimum Gasteiger partial charge on any atom is -0.336 e. The van der Waals surface area contributed by atoms with Crippen LogP contribution in [0.2, 0.25) is 0 Å². The minimum atomic E-state index is -3.43. The molecule has 3 rings (SSSR count). The van der Waals surface area contributed by atoms with Gasteiger partial charge in [-0.05, 0) is 17.7 Å². The van der Waals surface area contributed by atoms with Crippen molar-refractivity contribution in [2.24, 2.45) is 0 Å². The van der Waals surface area contributed by atoms with Crippen LogP contribution in [0, 0.1) is 0 Å². The van der Waals surface area contributed by atoms with Crippen LogP contribution in [0.25, 0.3) is 0 Å². The Kier molecular flexibility index (Phi) is 5.82. The lowest BCUT2D eigenvalue weighted by molar-refractivity contribution is 0.0629. The summed E-state index contributed by atoms with van der Waals surface area (Å²) in [6.07, 6.45) is 1.14. The molecule has 1 amide bonds. The Morgan fingerprint density at radius 3 is 2.19 bits per heavy atom. The molecule has 1 aliphatic heterocycles. The number of rotatable bonds is 5. The zero-order valence-corrected chi connectivity index (χ0v) is 16.5. The maximum absolute atomic E-state index is 13.0. The highest BCUT2D eigenvalue weighted by Gasteiger charge is 2.26. The molecule has 1 aliphatic rings. The van der Waals surface area contributed by atoms with Gasteiger partial charge in [0.05, 0.1) is 17.5 Å². The van der Waals surface area contributed by atoms with Gasteiger partial charge < -0.3 is 4.90 Å². The van der Waals surface area contributed by atoms with Crippen molar-refractivity contribution in [2.75, 3.05) is 43.8 Å². The lowest BCUT2D eigenvalue weighted by Gasteiger charge is -2.35. The number of hydrogen-bond donors (Lipinski definition) is 0. The number of para-hydroxylation sites is 1. The van der Waals surface area contributed by atoms with Crippen molar-refractivity contribution in [1.29, 1.82) is 0 Å². The summed E-state index contributed by atoms with van der Waals surface area (Å²) in [4.78, 5) is 17.1. The summed E-state index contributed by atoms with van der Waals surface area (Å²) >= 11 is 0. The number of carbonyl (C=O) groups is 1. The highest BCUT2D eigenvalue weighted by Crippen LogP contribution is 2.23. The van der Waals surface area contributed by atoms with E-state index in [1.807, 2.05) is 18.2 Å². The number of benzene rings is 2. The Balaban J connectivity index is 1.68. The maximum Gasteiger partial charge on any atom is 0.256 e. The van der Waals surface area contributed by atoms with E-state index < -0.39 is 10.0 Å². The van der Waals surface area contributed by atoms with Gasteiger partial charge in [-0.25, -0.2) is 8.42 Å². The van der Waals surface area contributed by atoms with Gasteiger partial charge in [0.15, 0.2) is 0 Å². The van der Waals surface area contributed by atoms with E-state index in [1.165, 1.54) is 12.6 Å². The Labute approximate surface area is 161 Å². The summed E-state index contributed by atoms with van der Waals surface area (Å²) in [5.41, 5.74) is 2.09. The zero-order chi connectivity index (χ0) is 19.4. The van der Waals surface area contributed by atoms with Crippen molar-refractivity contribution < 1.29 is 13.2 Å². The Bertz CT molecular complexity index is 892. The van der Waals surface area contributed by atoms with Crippen LogP contribution in [-0.2, 0) is 16.6 Å². The number of sulfonamides is 1. The molecule has 6 nitrogen and oxygen atoms in total. The van der Waals surface area contributed by atoms with Gasteiger partial charge >= 0.3 is 0 Å². The molecule has 0 aliphatic carbocycles. The first kappa shape index (κ1) is 19.4. The number of amides is 1. The topological polar surface area (TPSA) is 60.9 Å². The first-order valence-corrected chi connectivity index (χ1v) is 10.8. The normalized spacial score (nSPS) is 15.6. The van der Waals surface area contributed by atoms with Crippen LogP contribution in [0.15, 0.2) is 54.6 Å². The molecule has 2 aromatic rings. The van der Waals surface area contributed by atoms with Crippen LogP contribution >= 0.6 is 0 Å². The van der Waals surface area contributed by atoms with Crippen molar-refractivity contribution in [3.8, 4) is 0 Å². The second kappa shape index (κ2) is 8.10. The summed E-state index contributed by atoms with van der Waals surface area (Å²) in [5.74, 6) is -0.125. The molecule has 1 heterocycles. The van der Waals surface area contributed by atoms with Crippen molar-refractivity contribution >= 4 is 21.6 Å². The van der Waals surface area contributed by atoms with Gasteiger partial charge in [-0.15, -0.1) is 0 Å². The third kappa shape index (κ3) is 4.67. The first-order valence-electron chi connectivity index (χ1n) is 8.95. The van der Waals surface area contributed by atoms with E-state index in [2.05, 4.69) is 17.0 Å². The highest BCUT2D eigenvalue weighted by atomic mass is 32.2. The smallest absolute Gasteiger partial charge is 0.256 e. The van der Waals surface area contributed by atoms with Crippen LogP contribution in [0.3, 0.4) is 0 Å². The van der Waals surface area contributed by atoms with Crippen LogP contribution in [0.4, 0.5) is 5.69 Å². The van der Waals surface area contributed by atoms with Crippen molar-refractivity contribution in [1.82, 2.24) is 9.80 Å². The second-order valence-electron chi connectivity index (χ2n) is 6.80. The summed E-state index contributed by atoms with van der Waals surface area (Å²) in [7, 11) is -1.96. The predicted octanol–water partition coefficient (Wildman–Crippen LogP) is 2.04. The van der Waals surface area contributed by atoms with E-state index in [-0.39, 0.29) is 5.91 Å². The number of anilines is 1. The van der Waals surface area contributed by atoms with E-state index in [4.69, 9.17) is 0 Å². The van der Waals surface area contributed by atoms with Crippen molar-refractivity contribution in [3.05, 3.63) is 65.7 Å². The molecular formula is C20H25N3O3S. The molecule has 144 valence electrons. The third-order valence-corrected chi connectivity index (χ3v) is 6.07. The minimum absolute atomic E-state index is 0.125. The molecule has 27 heavy (non-hydrogen) atoms. The summed E-state index contributed by atoms with van der Waals surface area (Å²) in [6, 6.07) is 17.1. The zero-order valence-electron chi connectivity index (χ0n) is 15.7. The lowest BCUT2D eigenvalue weighted by atomic mass is 10.1. The van der Waals surface area contributed by atoms with Gasteiger partial charge in [0, 0.05) is 39.8 Å². The SMILES string of the molecule is CN(c1ccccc1C(=O)N1CCN(Cc2ccccc2)CC1)S(C)(=O)=O. The monoisotopic (exact) mass is 387 g/mol. The molecule has 0 radical (unpaired) electrons. The van der Waals surface area contributed by atoms with E-state index in [0.29, 0.717) is 24.3 Å². The molecule has 0 atom stereocenters. The van der Waals surface area contributed by atoms with Gasteiger partial charge in [-0.1, -0.05) is 42.5 Å². The fraction of sp³-hybridized carbons (Fsp3) is 0.350. The van der Waals surface area contributed by atoms with E-state index in [0.717, 1.165) is 30.2 Å². The molecule has 1 fully saturated rings. The number of carbonyl (C=O) groups excluding carboxylic acids is 1. The van der Waals surface area contributed by atoms with Gasteiger partial charge in [0.2, 0.25) is 10.0 Å². The third-order valence-electron chi connectivity index (χ3n) is 4.88. The largest absolute Gasteiger partial charge is 0.336 e. The van der Waals surface area contributed by atoms with E-state index >= 15 is 0 Å². The first-order chi connectivity index (χ1) is 12.9. The molecule has 0 unspecified atom stereocenters. The van der Waals surface area contributed by atoms with E-state index in [1.54, 1.807) is 29.2 Å². The van der Waals surface area contributed by atoms with Gasteiger partial charge in [0.25, 0.3) is 5.91 Å². The highest BCUT2D eigenvalue weighted by molar-refractivity contribution is 7.92. The quantitative estimate of drug-likeness (QED) is 0.788. The molecule has 0 saturated carbocycles. The van der Waals surface area contributed by atoms with Crippen molar-refractivity contribution in [2.45, 2.75) is 6.54 Å². The van der Waals surface area contributed by atoms with Crippen LogP contribution in [0.5, 0.6) is 0 Å². The molecule has 0 N–H and O–H groups in total. The van der Waals surface area contributed by atoms with Crippen LogP contribution < -0.4 is 4.31 Å². The Morgan fingerprint density at radius 1 is 0.963 bits per heavy atom. The molecule has 0 bridgehead atoms. The van der Waals surface area contributed by atoms with E-state index in [9.17, 15) is 13.2 Å². The number of hydrogen-bond acceptors (Lipinski definition) is 4. The number of nitrogens with zero attached hydrogens (tertiary/aromatic N) is 3. The fourth-order valence-corrected chi connectivity index (χ4v) is 3.75. The average molecular weight is 388 g/mol. The summed E-state index contributed by atoms with van der Waals surface area (Å²) in [5, 5.41) is 0. The average Bonchev–Trinajstić information content (AvgIpc) is 2.67. The Morgan fingerprint density at radius 2 is 1.56 bits per heavy atom. The fourth-order valence-electron chi connectivity index (χ4n) is 3.23. The standard InChI is InChI=1S/C20H25N3O3S/c1-21(27(2,25)26)19-11-7-6-10-18(19)20(24)23-14-12-22(13-15-23)16-17-8-4-3-5-9-17/h3-11H,12-16H2,1-2H3. The maximum atomic E-state index is 13.0. The molecule has 0 aromatic heterocycles. The van der Waals surface area contributed by atoms with Crippen LogP contribution in [0.1, 0.15) is 15.9 Å². The van der Waals surface area contributed by atoms with Gasteiger partial charge in [0.1, 0.15) is 0 Å². The summed E-state index contributed by atoms with van der Waals surface area (Å²) in [6.45, 7) is 3.72. The molecular weight excluding hydrogens is 362 g/mol. The summed E-state index contributed by atoms with van der Waals surface area (Å²) < 4.78 is 24.9. The number of piperazine rings is 1. The molecule has 0 spiro atoms.